The van der Waals surface area contributed by atoms with Gasteiger partial charge in [-0.1, -0.05) is 359 Å². The van der Waals surface area contributed by atoms with Gasteiger partial charge in [-0.25, -0.2) is 0 Å². The molecule has 0 aliphatic carbocycles. The summed E-state index contributed by atoms with van der Waals surface area (Å²) in [5.74, 6) is 0. The number of aryl methyl sites for hydroxylation is 2. The monoisotopic (exact) mass is 1080 g/mol. The van der Waals surface area contributed by atoms with E-state index in [1.54, 1.807) is 0 Å². The van der Waals surface area contributed by atoms with Gasteiger partial charge in [-0.15, -0.1) is 0 Å². The van der Waals surface area contributed by atoms with Crippen LogP contribution in [0.25, 0.3) is 0 Å². The van der Waals surface area contributed by atoms with Gasteiger partial charge in [0.25, 0.3) is 0 Å². The third kappa shape index (κ3) is 46.2. The number of rotatable bonds is 60. The molecule has 0 N–H and O–H groups in total. The molecule has 0 bridgehead atoms. The standard InChI is InChI=1S/C76H134N2/c1-5-9-13-15-17-19-21-23-25-27-29-31-33-35-37-39-41-43-45-47-49-51-53-55-57-59-71-63-67-73(68-64-71)77-75(61-11-7-3)76(62-12-8-4)78-74-69-65-72(66-70-74)60-58-56-54-52-50-48-46-44-42-40-38-36-34-32-30-28-26-24-22-20-18-16-14-10-6-2/h53,55,63-70H,5-52,54,56-62H2,1-4H3/b55-53+,77-75?,78-76?. The van der Waals surface area contributed by atoms with Crippen LogP contribution in [0.4, 0.5) is 11.4 Å². The summed E-state index contributed by atoms with van der Waals surface area (Å²) < 4.78 is 0. The first-order valence-electron chi connectivity index (χ1n) is 35.7. The summed E-state index contributed by atoms with van der Waals surface area (Å²) in [5.41, 5.74) is 7.37. The predicted octanol–water partition coefficient (Wildman–Crippen LogP) is 27.3. The second-order valence-corrected chi connectivity index (χ2v) is 24.8. The molecule has 0 aromatic heterocycles. The molecule has 0 fully saturated rings. The van der Waals surface area contributed by atoms with E-state index in [4.69, 9.17) is 9.98 Å². The van der Waals surface area contributed by atoms with Crippen molar-refractivity contribution in [3.8, 4) is 0 Å². The van der Waals surface area contributed by atoms with E-state index in [9.17, 15) is 0 Å². The van der Waals surface area contributed by atoms with E-state index in [1.807, 2.05) is 0 Å². The number of allylic oxidation sites excluding steroid dienone is 2. The summed E-state index contributed by atoms with van der Waals surface area (Å²) in [6.07, 6.45) is 82.6. The average Bonchev–Trinajstić information content (AvgIpc) is 3.47. The van der Waals surface area contributed by atoms with Gasteiger partial charge >= 0.3 is 0 Å². The van der Waals surface area contributed by atoms with Crippen molar-refractivity contribution in [1.29, 1.82) is 0 Å². The molecule has 2 nitrogen and oxygen atoms in total. The Morgan fingerprint density at radius 3 is 0.756 bits per heavy atom. The molecule has 0 atom stereocenters. The zero-order valence-electron chi connectivity index (χ0n) is 53.3. The van der Waals surface area contributed by atoms with Crippen LogP contribution in [0.15, 0.2) is 70.7 Å². The number of hydrogen-bond acceptors (Lipinski definition) is 2. The third-order valence-electron chi connectivity index (χ3n) is 17.1. The first kappa shape index (κ1) is 71.6. The Kier molecular flexibility index (Phi) is 53.0. The second kappa shape index (κ2) is 57.7. The zero-order valence-corrected chi connectivity index (χ0v) is 53.3. The largest absolute Gasteiger partial charge is 0.252 e. The van der Waals surface area contributed by atoms with Gasteiger partial charge in [-0.2, -0.15) is 0 Å². The maximum atomic E-state index is 5.30. The highest BCUT2D eigenvalue weighted by atomic mass is 14.8. The van der Waals surface area contributed by atoms with Gasteiger partial charge in [-0.3, -0.25) is 9.98 Å². The van der Waals surface area contributed by atoms with Crippen molar-refractivity contribution < 1.29 is 0 Å². The summed E-state index contributed by atoms with van der Waals surface area (Å²) >= 11 is 0. The summed E-state index contributed by atoms with van der Waals surface area (Å²) in [5, 5.41) is 0. The van der Waals surface area contributed by atoms with Crippen LogP contribution in [0.5, 0.6) is 0 Å². The molecule has 2 aromatic carbocycles. The maximum absolute atomic E-state index is 5.30. The minimum atomic E-state index is 0.989. The second-order valence-electron chi connectivity index (χ2n) is 24.8. The molecule has 2 aromatic rings. The van der Waals surface area contributed by atoms with Crippen LogP contribution >= 0.6 is 0 Å². The number of benzene rings is 2. The normalized spacial score (nSPS) is 12.3. The van der Waals surface area contributed by atoms with Crippen molar-refractivity contribution in [2.45, 2.75) is 387 Å². The van der Waals surface area contributed by atoms with Crippen molar-refractivity contribution in [2.75, 3.05) is 0 Å². The molecule has 2 heteroatoms. The smallest absolute Gasteiger partial charge is 0.0633 e. The van der Waals surface area contributed by atoms with Crippen molar-refractivity contribution in [2.24, 2.45) is 9.98 Å². The topological polar surface area (TPSA) is 24.7 Å². The van der Waals surface area contributed by atoms with Crippen molar-refractivity contribution >= 4 is 22.8 Å². The SMILES string of the molecule is CCCCCCCCCCCCCCCCCCCCCCC/C=C/CCc1ccc(N=C(CCCC)C(CCCC)=Nc2ccc(CCCCCCCCCCCCCCCCCCCCCCCCCCC)cc2)cc1. The minimum absolute atomic E-state index is 0.989. The maximum Gasteiger partial charge on any atom is 0.0633 e. The van der Waals surface area contributed by atoms with Gasteiger partial charge in [0.2, 0.25) is 0 Å². The van der Waals surface area contributed by atoms with Crippen molar-refractivity contribution in [3.05, 3.63) is 71.8 Å². The van der Waals surface area contributed by atoms with Crippen LogP contribution in [0, 0.1) is 0 Å². The first-order chi connectivity index (χ1) is 38.7. The lowest BCUT2D eigenvalue weighted by molar-refractivity contribution is 0.516. The lowest BCUT2D eigenvalue weighted by Gasteiger charge is -2.11. The fourth-order valence-electron chi connectivity index (χ4n) is 11.7. The molecular weight excluding hydrogens is 941 g/mol. The average molecular weight is 1080 g/mol. The number of aliphatic imine (C=N–C) groups is 2. The van der Waals surface area contributed by atoms with Crippen LogP contribution in [-0.2, 0) is 12.8 Å². The fraction of sp³-hybridized carbons (Fsp3) is 0.789. The Morgan fingerprint density at radius 2 is 0.474 bits per heavy atom. The lowest BCUT2D eigenvalue weighted by Crippen LogP contribution is -2.14. The number of nitrogens with zero attached hydrogens (tertiary/aromatic N) is 2. The Labute approximate surface area is 489 Å². The van der Waals surface area contributed by atoms with Crippen molar-refractivity contribution in [3.63, 3.8) is 0 Å². The van der Waals surface area contributed by atoms with Crippen LogP contribution in [-0.4, -0.2) is 11.4 Å². The molecule has 448 valence electrons. The number of hydrogen-bond donors (Lipinski definition) is 0. The summed E-state index contributed by atoms with van der Waals surface area (Å²) in [7, 11) is 0. The van der Waals surface area contributed by atoms with Gasteiger partial charge in [0.15, 0.2) is 0 Å². The highest BCUT2D eigenvalue weighted by Gasteiger charge is 2.11. The summed E-state index contributed by atoms with van der Waals surface area (Å²) in [6, 6.07) is 18.2. The molecular formula is C76H134N2. The molecule has 0 unspecified atom stereocenters. The first-order valence-corrected chi connectivity index (χ1v) is 35.7. The molecule has 78 heavy (non-hydrogen) atoms. The Morgan fingerprint density at radius 1 is 0.244 bits per heavy atom. The highest BCUT2D eigenvalue weighted by molar-refractivity contribution is 6.43. The van der Waals surface area contributed by atoms with Gasteiger partial charge in [0.05, 0.1) is 22.8 Å². The molecule has 0 saturated heterocycles. The minimum Gasteiger partial charge on any atom is -0.252 e. The van der Waals surface area contributed by atoms with E-state index >= 15 is 0 Å². The van der Waals surface area contributed by atoms with Crippen LogP contribution in [0.1, 0.15) is 386 Å². The third-order valence-corrected chi connectivity index (χ3v) is 17.1. The van der Waals surface area contributed by atoms with E-state index in [2.05, 4.69) is 88.4 Å². The molecule has 0 heterocycles. The fourth-order valence-corrected chi connectivity index (χ4v) is 11.7. The molecule has 0 aliphatic rings. The molecule has 0 spiro atoms. The van der Waals surface area contributed by atoms with Crippen LogP contribution < -0.4 is 0 Å². The molecule has 0 aliphatic heterocycles. The summed E-state index contributed by atoms with van der Waals surface area (Å²) in [6.45, 7) is 9.20. The molecule has 0 radical (unpaired) electrons. The van der Waals surface area contributed by atoms with E-state index in [0.29, 0.717) is 0 Å². The molecule has 0 saturated carbocycles. The lowest BCUT2D eigenvalue weighted by atomic mass is 10.0. The molecule has 2 rings (SSSR count). The summed E-state index contributed by atoms with van der Waals surface area (Å²) in [4.78, 5) is 10.6. The van der Waals surface area contributed by atoms with Crippen LogP contribution in [0.3, 0.4) is 0 Å². The van der Waals surface area contributed by atoms with Crippen LogP contribution in [0.2, 0.25) is 0 Å². The number of unbranched alkanes of at least 4 members (excludes halogenated alkanes) is 47. The van der Waals surface area contributed by atoms with E-state index in [-0.39, 0.29) is 0 Å². The Bertz CT molecular complexity index is 1600. The van der Waals surface area contributed by atoms with E-state index < -0.39 is 0 Å². The predicted molar refractivity (Wildman–Crippen MR) is 356 cm³/mol. The zero-order chi connectivity index (χ0) is 55.5. The molecule has 0 amide bonds. The Balaban J connectivity index is 1.54. The van der Waals surface area contributed by atoms with Gasteiger partial charge < -0.3 is 0 Å². The highest BCUT2D eigenvalue weighted by Crippen LogP contribution is 2.23. The van der Waals surface area contributed by atoms with Gasteiger partial charge in [0.1, 0.15) is 0 Å². The Hall–Kier alpha value is -2.48. The van der Waals surface area contributed by atoms with Gasteiger partial charge in [-0.05, 0) is 99.6 Å². The van der Waals surface area contributed by atoms with E-state index in [1.165, 1.54) is 344 Å². The quantitative estimate of drug-likeness (QED) is 0.0358. The van der Waals surface area contributed by atoms with Crippen molar-refractivity contribution in [1.82, 2.24) is 0 Å². The van der Waals surface area contributed by atoms with E-state index in [0.717, 1.165) is 49.9 Å². The van der Waals surface area contributed by atoms with Gasteiger partial charge in [0, 0.05) is 0 Å².